The Labute approximate surface area is 129 Å². The molecule has 0 atom stereocenters. The lowest BCUT2D eigenvalue weighted by Crippen LogP contribution is -2.29. The number of hydrogen-bond donors (Lipinski definition) is 3. The Morgan fingerprint density at radius 3 is 2.76 bits per heavy atom. The van der Waals surface area contributed by atoms with Crippen LogP contribution in [0.4, 0.5) is 11.4 Å². The molecule has 114 valence electrons. The van der Waals surface area contributed by atoms with Crippen LogP contribution in [0.2, 0.25) is 5.02 Å². The molecule has 0 saturated carbocycles. The summed E-state index contributed by atoms with van der Waals surface area (Å²) in [5.74, 6) is -0.208. The number of amides is 2. The van der Waals surface area contributed by atoms with Crippen molar-refractivity contribution in [1.29, 1.82) is 0 Å². The maximum atomic E-state index is 11.6. The standard InChI is InChI=1S/C15H20ClN3O2/c1-3-5-14(20)19-11-6-7-12(16)13(9-11)18-10-15(21)17-8-4-2/h4,6-7,9,18H,2-3,5,8,10H2,1H3,(H,17,21)(H,19,20). The van der Waals surface area contributed by atoms with Crippen LogP contribution in [0.25, 0.3) is 0 Å². The normalized spacial score (nSPS) is 9.81. The van der Waals surface area contributed by atoms with Crippen LogP contribution in [0, 0.1) is 0 Å². The van der Waals surface area contributed by atoms with Crippen LogP contribution in [0.3, 0.4) is 0 Å². The molecular formula is C15H20ClN3O2. The zero-order valence-electron chi connectivity index (χ0n) is 12.0. The van der Waals surface area contributed by atoms with Gasteiger partial charge in [0.25, 0.3) is 0 Å². The molecule has 6 heteroatoms. The first-order valence-corrected chi connectivity index (χ1v) is 7.15. The number of rotatable bonds is 8. The van der Waals surface area contributed by atoms with E-state index < -0.39 is 0 Å². The minimum absolute atomic E-state index is 0.0468. The van der Waals surface area contributed by atoms with Crippen molar-refractivity contribution in [3.63, 3.8) is 0 Å². The van der Waals surface area contributed by atoms with Crippen LogP contribution < -0.4 is 16.0 Å². The molecule has 0 unspecified atom stereocenters. The lowest BCUT2D eigenvalue weighted by molar-refractivity contribution is -0.119. The van der Waals surface area contributed by atoms with Crippen molar-refractivity contribution in [3.8, 4) is 0 Å². The van der Waals surface area contributed by atoms with Gasteiger partial charge in [-0.2, -0.15) is 0 Å². The van der Waals surface area contributed by atoms with Gasteiger partial charge < -0.3 is 16.0 Å². The van der Waals surface area contributed by atoms with Gasteiger partial charge in [0.2, 0.25) is 11.8 Å². The second kappa shape index (κ2) is 9.02. The summed E-state index contributed by atoms with van der Waals surface area (Å²) < 4.78 is 0. The van der Waals surface area contributed by atoms with Crippen LogP contribution in [-0.4, -0.2) is 24.9 Å². The Kier molecular flexibility index (Phi) is 7.32. The molecule has 1 rings (SSSR count). The fourth-order valence-electron chi connectivity index (χ4n) is 1.61. The molecule has 1 aromatic carbocycles. The van der Waals surface area contributed by atoms with Crippen LogP contribution in [0.15, 0.2) is 30.9 Å². The fourth-order valence-corrected chi connectivity index (χ4v) is 1.80. The summed E-state index contributed by atoms with van der Waals surface area (Å²) in [6, 6.07) is 5.10. The molecule has 1 aromatic rings. The highest BCUT2D eigenvalue weighted by molar-refractivity contribution is 6.33. The van der Waals surface area contributed by atoms with Gasteiger partial charge in [-0.15, -0.1) is 6.58 Å². The molecule has 3 N–H and O–H groups in total. The lowest BCUT2D eigenvalue weighted by Gasteiger charge is -2.11. The first kappa shape index (κ1) is 17.0. The first-order valence-electron chi connectivity index (χ1n) is 6.77. The molecule has 0 radical (unpaired) electrons. The van der Waals surface area contributed by atoms with Gasteiger partial charge in [0.05, 0.1) is 17.3 Å². The van der Waals surface area contributed by atoms with E-state index in [2.05, 4.69) is 22.5 Å². The van der Waals surface area contributed by atoms with E-state index in [0.717, 1.165) is 6.42 Å². The van der Waals surface area contributed by atoms with E-state index in [-0.39, 0.29) is 18.4 Å². The van der Waals surface area contributed by atoms with E-state index in [1.807, 2.05) is 6.92 Å². The second-order valence-corrected chi connectivity index (χ2v) is 4.85. The minimum atomic E-state index is -0.161. The van der Waals surface area contributed by atoms with Crippen molar-refractivity contribution in [3.05, 3.63) is 35.9 Å². The molecule has 5 nitrogen and oxygen atoms in total. The number of halogens is 1. The summed E-state index contributed by atoms with van der Waals surface area (Å²) in [6.45, 7) is 5.98. The summed E-state index contributed by atoms with van der Waals surface area (Å²) in [5, 5.41) is 8.86. The quantitative estimate of drug-likeness (QED) is 0.647. The van der Waals surface area contributed by atoms with Crippen LogP contribution in [0.1, 0.15) is 19.8 Å². The molecule has 0 saturated heterocycles. The second-order valence-electron chi connectivity index (χ2n) is 4.44. The van der Waals surface area contributed by atoms with Gasteiger partial charge in [0, 0.05) is 18.7 Å². The lowest BCUT2D eigenvalue weighted by atomic mass is 10.2. The zero-order valence-corrected chi connectivity index (χ0v) is 12.8. The monoisotopic (exact) mass is 309 g/mol. The molecule has 0 aliphatic rings. The predicted octanol–water partition coefficient (Wildman–Crippen LogP) is 2.79. The summed E-state index contributed by atoms with van der Waals surface area (Å²) in [6.07, 6.45) is 2.86. The maximum Gasteiger partial charge on any atom is 0.239 e. The van der Waals surface area contributed by atoms with Crippen LogP contribution in [-0.2, 0) is 9.59 Å². The number of hydrogen-bond acceptors (Lipinski definition) is 3. The van der Waals surface area contributed by atoms with Crippen molar-refractivity contribution < 1.29 is 9.59 Å². The SMILES string of the molecule is C=CCNC(=O)CNc1cc(NC(=O)CCC)ccc1Cl. The van der Waals surface area contributed by atoms with Gasteiger partial charge >= 0.3 is 0 Å². The first-order chi connectivity index (χ1) is 10.1. The van der Waals surface area contributed by atoms with Gasteiger partial charge in [0.15, 0.2) is 0 Å². The van der Waals surface area contributed by atoms with Gasteiger partial charge in [-0.25, -0.2) is 0 Å². The molecule has 0 aliphatic carbocycles. The van der Waals surface area contributed by atoms with E-state index in [4.69, 9.17) is 11.6 Å². The van der Waals surface area contributed by atoms with Crippen molar-refractivity contribution >= 4 is 34.8 Å². The Bertz CT molecular complexity index is 518. The van der Waals surface area contributed by atoms with E-state index >= 15 is 0 Å². The number of benzene rings is 1. The number of carbonyl (C=O) groups is 2. The predicted molar refractivity (Wildman–Crippen MR) is 86.7 cm³/mol. The Hall–Kier alpha value is -2.01. The smallest absolute Gasteiger partial charge is 0.239 e. The third-order valence-electron chi connectivity index (χ3n) is 2.61. The Morgan fingerprint density at radius 1 is 1.33 bits per heavy atom. The van der Waals surface area contributed by atoms with Crippen LogP contribution in [0.5, 0.6) is 0 Å². The van der Waals surface area contributed by atoms with Crippen molar-refractivity contribution in [2.45, 2.75) is 19.8 Å². The molecular weight excluding hydrogens is 290 g/mol. The maximum absolute atomic E-state index is 11.6. The van der Waals surface area contributed by atoms with Gasteiger partial charge in [-0.1, -0.05) is 24.6 Å². The van der Waals surface area contributed by atoms with E-state index in [1.165, 1.54) is 0 Å². The molecule has 0 bridgehead atoms. The molecule has 0 aliphatic heterocycles. The van der Waals surface area contributed by atoms with Crippen molar-refractivity contribution in [2.24, 2.45) is 0 Å². The molecule has 21 heavy (non-hydrogen) atoms. The van der Waals surface area contributed by atoms with Crippen LogP contribution >= 0.6 is 11.6 Å². The van der Waals surface area contributed by atoms with E-state index in [1.54, 1.807) is 24.3 Å². The van der Waals surface area contributed by atoms with Gasteiger partial charge in [0.1, 0.15) is 0 Å². The van der Waals surface area contributed by atoms with Gasteiger partial charge in [-0.05, 0) is 24.6 Å². The number of carbonyl (C=O) groups excluding carboxylic acids is 2. The molecule has 0 fully saturated rings. The molecule has 0 aromatic heterocycles. The Balaban J connectivity index is 2.62. The zero-order chi connectivity index (χ0) is 15.7. The summed E-state index contributed by atoms with van der Waals surface area (Å²) >= 11 is 6.06. The fraction of sp³-hybridized carbons (Fsp3) is 0.333. The minimum Gasteiger partial charge on any atom is -0.375 e. The summed E-state index contributed by atoms with van der Waals surface area (Å²) in [4.78, 5) is 23.1. The topological polar surface area (TPSA) is 70.2 Å². The molecule has 0 spiro atoms. The van der Waals surface area contributed by atoms with E-state index in [0.29, 0.717) is 29.4 Å². The van der Waals surface area contributed by atoms with Crippen molar-refractivity contribution in [2.75, 3.05) is 23.7 Å². The molecule has 2 amide bonds. The third-order valence-corrected chi connectivity index (χ3v) is 2.94. The highest BCUT2D eigenvalue weighted by atomic mass is 35.5. The van der Waals surface area contributed by atoms with Crippen molar-refractivity contribution in [1.82, 2.24) is 5.32 Å². The highest BCUT2D eigenvalue weighted by Crippen LogP contribution is 2.25. The molecule has 0 heterocycles. The summed E-state index contributed by atoms with van der Waals surface area (Å²) in [7, 11) is 0. The average molecular weight is 310 g/mol. The average Bonchev–Trinajstić information content (AvgIpc) is 2.45. The van der Waals surface area contributed by atoms with Gasteiger partial charge in [-0.3, -0.25) is 9.59 Å². The van der Waals surface area contributed by atoms with E-state index in [9.17, 15) is 9.59 Å². The highest BCUT2D eigenvalue weighted by Gasteiger charge is 2.06. The summed E-state index contributed by atoms with van der Waals surface area (Å²) in [5.41, 5.74) is 1.24. The number of anilines is 2. The number of nitrogens with one attached hydrogen (secondary N) is 3. The Morgan fingerprint density at radius 2 is 2.10 bits per heavy atom. The largest absolute Gasteiger partial charge is 0.375 e. The third kappa shape index (κ3) is 6.31.